The molecule has 4 rings (SSSR count). The monoisotopic (exact) mass is 533 g/mol. The molecule has 198 valence electrons. The summed E-state index contributed by atoms with van der Waals surface area (Å²) in [6, 6.07) is 23.6. The van der Waals surface area contributed by atoms with Crippen molar-refractivity contribution >= 4 is 23.3 Å². The number of halogens is 1. The number of aliphatic imine (C=N–C) groups is 1. The Morgan fingerprint density at radius 1 is 1.00 bits per heavy atom. The smallest absolute Gasteiger partial charge is 0.344 e. The maximum atomic E-state index is 12.5. The van der Waals surface area contributed by atoms with Gasteiger partial charge in [-0.1, -0.05) is 65.7 Å². The van der Waals surface area contributed by atoms with Gasteiger partial charge in [0.2, 0.25) is 0 Å². The minimum atomic E-state index is -1.03. The van der Waals surface area contributed by atoms with E-state index >= 15 is 0 Å². The Labute approximate surface area is 228 Å². The van der Waals surface area contributed by atoms with Crippen LogP contribution in [0.25, 0.3) is 0 Å². The van der Waals surface area contributed by atoms with Crippen LogP contribution in [-0.4, -0.2) is 34.6 Å². The lowest BCUT2D eigenvalue weighted by atomic mass is 10.0. The van der Waals surface area contributed by atoms with E-state index in [0.29, 0.717) is 30.3 Å². The fourth-order valence-corrected chi connectivity index (χ4v) is 4.46. The van der Waals surface area contributed by atoms with Gasteiger partial charge in [-0.25, -0.2) is 4.79 Å². The topological polar surface area (TPSA) is 88.3 Å². The fraction of sp³-hybridized carbons (Fsp3) is 0.290. The molecule has 7 heteroatoms. The predicted molar refractivity (Wildman–Crippen MR) is 149 cm³/mol. The van der Waals surface area contributed by atoms with Crippen molar-refractivity contribution in [2.45, 2.75) is 51.9 Å². The molecule has 0 saturated carbocycles. The summed E-state index contributed by atoms with van der Waals surface area (Å²) in [4.78, 5) is 17.2. The number of aliphatic hydroxyl groups excluding tert-OH is 2. The van der Waals surface area contributed by atoms with Crippen molar-refractivity contribution in [1.82, 2.24) is 0 Å². The van der Waals surface area contributed by atoms with Crippen molar-refractivity contribution in [3.8, 4) is 5.75 Å². The molecule has 1 unspecified atom stereocenters. The third-order valence-electron chi connectivity index (χ3n) is 6.35. The van der Waals surface area contributed by atoms with Crippen LogP contribution in [0.3, 0.4) is 0 Å². The molecule has 1 aliphatic heterocycles. The number of esters is 1. The van der Waals surface area contributed by atoms with Gasteiger partial charge in [0.15, 0.2) is 11.9 Å². The Kier molecular flexibility index (Phi) is 9.57. The molecule has 0 fully saturated rings. The maximum absolute atomic E-state index is 12.5. The molecule has 3 aromatic carbocycles. The number of carbonyl (C=O) groups excluding carboxylic acids is 1. The highest BCUT2D eigenvalue weighted by Crippen LogP contribution is 2.25. The minimum Gasteiger partial charge on any atom is -0.507 e. The SMILES string of the molecule is Cc1cccc(CN=C(CCCCc2cccc(OCc3ccc(Cl)cc3)c2)C2=C(O)C(CO)OC2=O)c1. The largest absolute Gasteiger partial charge is 0.507 e. The Hall–Kier alpha value is -3.61. The molecule has 0 aromatic heterocycles. The van der Waals surface area contributed by atoms with E-state index in [9.17, 15) is 15.0 Å². The van der Waals surface area contributed by atoms with E-state index in [1.54, 1.807) is 0 Å². The number of hydrogen-bond donors (Lipinski definition) is 2. The summed E-state index contributed by atoms with van der Waals surface area (Å²) in [5, 5.41) is 20.7. The molecule has 0 aliphatic carbocycles. The van der Waals surface area contributed by atoms with Crippen molar-refractivity contribution in [2.75, 3.05) is 6.61 Å². The Morgan fingerprint density at radius 3 is 2.50 bits per heavy atom. The number of benzene rings is 3. The van der Waals surface area contributed by atoms with Crippen molar-refractivity contribution in [2.24, 2.45) is 4.99 Å². The molecule has 2 N–H and O–H groups in total. The standard InChI is InChI=1S/C31H32ClNO5/c1-21-6-4-9-24(16-21)18-33-27(29-30(35)28(19-34)38-31(29)36)11-3-2-7-22-8-5-10-26(17-22)37-20-23-12-14-25(32)15-13-23/h4-6,8-10,12-17,28,34-35H,2-3,7,11,18-20H2,1H3. The van der Waals surface area contributed by atoms with Crippen LogP contribution in [0.5, 0.6) is 5.75 Å². The van der Waals surface area contributed by atoms with Gasteiger partial charge in [0, 0.05) is 5.02 Å². The average molecular weight is 534 g/mol. The molecule has 0 spiro atoms. The number of aliphatic hydroxyl groups is 2. The summed E-state index contributed by atoms with van der Waals surface area (Å²) in [7, 11) is 0. The summed E-state index contributed by atoms with van der Waals surface area (Å²) >= 11 is 5.95. The lowest BCUT2D eigenvalue weighted by Gasteiger charge is -2.10. The Morgan fingerprint density at radius 2 is 1.76 bits per heavy atom. The zero-order valence-corrected chi connectivity index (χ0v) is 22.2. The number of unbranched alkanes of at least 4 members (excludes halogenated alkanes) is 1. The normalized spacial score (nSPS) is 15.6. The van der Waals surface area contributed by atoms with Crippen molar-refractivity contribution in [3.05, 3.63) is 111 Å². The first-order chi connectivity index (χ1) is 18.4. The van der Waals surface area contributed by atoms with Gasteiger partial charge in [0.25, 0.3) is 0 Å². The highest BCUT2D eigenvalue weighted by atomic mass is 35.5. The van der Waals surface area contributed by atoms with Crippen LogP contribution in [0.15, 0.2) is 89.1 Å². The first-order valence-electron chi connectivity index (χ1n) is 12.7. The number of ether oxygens (including phenoxy) is 2. The quantitative estimate of drug-likeness (QED) is 0.162. The summed E-state index contributed by atoms with van der Waals surface area (Å²) < 4.78 is 11.1. The molecule has 0 radical (unpaired) electrons. The van der Waals surface area contributed by atoms with E-state index in [2.05, 4.69) is 6.07 Å². The molecular weight excluding hydrogens is 502 g/mol. The number of carbonyl (C=O) groups is 1. The van der Waals surface area contributed by atoms with Crippen LogP contribution in [-0.2, 0) is 29.1 Å². The summed E-state index contributed by atoms with van der Waals surface area (Å²) in [6.45, 7) is 2.39. The second-order valence-corrected chi connectivity index (χ2v) is 9.79. The molecule has 1 heterocycles. The van der Waals surface area contributed by atoms with Crippen LogP contribution in [0.4, 0.5) is 0 Å². The van der Waals surface area contributed by atoms with Gasteiger partial charge in [-0.3, -0.25) is 4.99 Å². The number of hydrogen-bond acceptors (Lipinski definition) is 6. The molecule has 0 saturated heterocycles. The number of nitrogens with zero attached hydrogens (tertiary/aromatic N) is 1. The van der Waals surface area contributed by atoms with Crippen LogP contribution in [0, 0.1) is 6.92 Å². The molecule has 1 atom stereocenters. The predicted octanol–water partition coefficient (Wildman–Crippen LogP) is 6.31. The first-order valence-corrected chi connectivity index (χ1v) is 13.1. The third kappa shape index (κ3) is 7.46. The van der Waals surface area contributed by atoms with E-state index in [1.165, 1.54) is 0 Å². The summed E-state index contributed by atoms with van der Waals surface area (Å²) in [6.07, 6.45) is 1.92. The number of aryl methyl sites for hydroxylation is 2. The first kappa shape index (κ1) is 27.4. The molecule has 6 nitrogen and oxygen atoms in total. The van der Waals surface area contributed by atoms with Gasteiger partial charge >= 0.3 is 5.97 Å². The zero-order chi connectivity index (χ0) is 26.9. The number of rotatable bonds is 12. The van der Waals surface area contributed by atoms with Gasteiger partial charge in [-0.15, -0.1) is 0 Å². The molecular formula is C31H32ClNO5. The van der Waals surface area contributed by atoms with Crippen LogP contribution >= 0.6 is 11.6 Å². The van der Waals surface area contributed by atoms with Crippen LogP contribution in [0.1, 0.15) is 41.5 Å². The molecule has 1 aliphatic rings. The molecule has 3 aromatic rings. The van der Waals surface area contributed by atoms with Gasteiger partial charge in [0.1, 0.15) is 17.9 Å². The Balaban J connectivity index is 1.37. The van der Waals surface area contributed by atoms with E-state index in [4.69, 9.17) is 26.1 Å². The van der Waals surface area contributed by atoms with Crippen molar-refractivity contribution < 1.29 is 24.5 Å². The lowest BCUT2D eigenvalue weighted by molar-refractivity contribution is -0.141. The van der Waals surface area contributed by atoms with Gasteiger partial charge in [0.05, 0.1) is 18.9 Å². The second kappa shape index (κ2) is 13.3. The molecule has 0 bridgehead atoms. The van der Waals surface area contributed by atoms with Crippen molar-refractivity contribution in [1.29, 1.82) is 0 Å². The fourth-order valence-electron chi connectivity index (χ4n) is 4.34. The highest BCUT2D eigenvalue weighted by Gasteiger charge is 2.36. The average Bonchev–Trinajstić information content (AvgIpc) is 3.21. The van der Waals surface area contributed by atoms with Crippen molar-refractivity contribution in [3.63, 3.8) is 0 Å². The minimum absolute atomic E-state index is 0.0781. The van der Waals surface area contributed by atoms with Crippen LogP contribution < -0.4 is 4.74 Å². The maximum Gasteiger partial charge on any atom is 0.344 e. The van der Waals surface area contributed by atoms with Gasteiger partial charge in [-0.2, -0.15) is 0 Å². The molecule has 0 amide bonds. The Bertz CT molecular complexity index is 1320. The van der Waals surface area contributed by atoms with E-state index in [1.807, 2.05) is 73.7 Å². The van der Waals surface area contributed by atoms with E-state index in [-0.39, 0.29) is 11.3 Å². The lowest BCUT2D eigenvalue weighted by Crippen LogP contribution is -2.15. The zero-order valence-electron chi connectivity index (χ0n) is 21.4. The van der Waals surface area contributed by atoms with Gasteiger partial charge in [-0.05, 0) is 73.6 Å². The van der Waals surface area contributed by atoms with Gasteiger partial charge < -0.3 is 19.7 Å². The van der Waals surface area contributed by atoms with E-state index in [0.717, 1.165) is 47.3 Å². The number of cyclic esters (lactones) is 1. The summed E-state index contributed by atoms with van der Waals surface area (Å²) in [5.41, 5.74) is 4.92. The summed E-state index contributed by atoms with van der Waals surface area (Å²) in [5.74, 6) is -0.0854. The van der Waals surface area contributed by atoms with Crippen LogP contribution in [0.2, 0.25) is 5.02 Å². The highest BCUT2D eigenvalue weighted by molar-refractivity contribution is 6.30. The molecule has 38 heavy (non-hydrogen) atoms. The van der Waals surface area contributed by atoms with E-state index < -0.39 is 18.7 Å². The second-order valence-electron chi connectivity index (χ2n) is 9.36. The third-order valence-corrected chi connectivity index (χ3v) is 6.60.